The van der Waals surface area contributed by atoms with Gasteiger partial charge < -0.3 is 10.1 Å². The quantitative estimate of drug-likeness (QED) is 0.740. The minimum atomic E-state index is -2.97. The Morgan fingerprint density at radius 1 is 1.12 bits per heavy atom. The number of aromatic nitrogens is 1. The van der Waals surface area contributed by atoms with Crippen molar-refractivity contribution in [3.8, 4) is 5.75 Å². The smallest absolute Gasteiger partial charge is 0.387 e. The summed E-state index contributed by atoms with van der Waals surface area (Å²) in [5.41, 5.74) is 1.28. The summed E-state index contributed by atoms with van der Waals surface area (Å²) in [6.07, 6.45) is 0. The molecular weight excluding hydrogens is 338 g/mol. The molecule has 122 valence electrons. The lowest BCUT2D eigenvalue weighted by molar-refractivity contribution is -0.0497. The molecule has 0 saturated carbocycles. The number of fused-ring (bicyclic) bond motifs is 1. The summed E-state index contributed by atoms with van der Waals surface area (Å²) >= 11 is 5.86. The van der Waals surface area contributed by atoms with Gasteiger partial charge in [0.25, 0.3) is 5.91 Å². The molecule has 0 fully saturated rings. The van der Waals surface area contributed by atoms with Gasteiger partial charge in [0.15, 0.2) is 0 Å². The normalized spacial score (nSPS) is 10.8. The predicted octanol–water partition coefficient (Wildman–Crippen LogP) is 4.74. The van der Waals surface area contributed by atoms with E-state index in [4.69, 9.17) is 11.6 Å². The number of carbonyl (C=O) groups excluding carboxylic acids is 1. The lowest BCUT2D eigenvalue weighted by atomic mass is 10.2. The van der Waals surface area contributed by atoms with E-state index in [1.165, 1.54) is 18.2 Å². The topological polar surface area (TPSA) is 51.2 Å². The number of halogens is 3. The number of ether oxygens (including phenoxy) is 1. The average Bonchev–Trinajstić information content (AvgIpc) is 2.56. The molecule has 0 saturated heterocycles. The fourth-order valence-electron chi connectivity index (χ4n) is 2.16. The molecular formula is C17H11ClF2N2O2. The molecule has 1 aromatic heterocycles. The van der Waals surface area contributed by atoms with E-state index in [0.717, 1.165) is 5.39 Å². The lowest BCUT2D eigenvalue weighted by Crippen LogP contribution is -2.13. The molecule has 0 spiro atoms. The van der Waals surface area contributed by atoms with Crippen molar-refractivity contribution in [2.45, 2.75) is 6.61 Å². The molecule has 0 unspecified atom stereocenters. The van der Waals surface area contributed by atoms with Crippen molar-refractivity contribution in [2.24, 2.45) is 0 Å². The van der Waals surface area contributed by atoms with Crippen LogP contribution in [0.25, 0.3) is 10.9 Å². The third-order valence-electron chi connectivity index (χ3n) is 3.24. The highest BCUT2D eigenvalue weighted by Gasteiger charge is 2.12. The zero-order valence-electron chi connectivity index (χ0n) is 12.2. The minimum Gasteiger partial charge on any atom is -0.433 e. The Hall–Kier alpha value is -2.73. The minimum absolute atomic E-state index is 0.0282. The average molecular weight is 349 g/mol. The number of anilines is 1. The van der Waals surface area contributed by atoms with E-state index in [9.17, 15) is 13.6 Å². The summed E-state index contributed by atoms with van der Waals surface area (Å²) in [7, 11) is 0. The van der Waals surface area contributed by atoms with Crippen LogP contribution in [0, 0.1) is 0 Å². The van der Waals surface area contributed by atoms with Crippen LogP contribution in [0.5, 0.6) is 5.75 Å². The molecule has 3 rings (SSSR count). The highest BCUT2D eigenvalue weighted by Crippen LogP contribution is 2.29. The number of hydrogen-bond acceptors (Lipinski definition) is 3. The molecule has 0 bridgehead atoms. The highest BCUT2D eigenvalue weighted by atomic mass is 35.5. The predicted molar refractivity (Wildman–Crippen MR) is 87.8 cm³/mol. The standard InChI is InChI=1S/C17H11ClF2N2O2/c18-12-9-11(6-8-15(12)24-17(19)20)21-16(23)14-7-5-10-3-1-2-4-13(10)22-14/h1-9,17H,(H,21,23). The first kappa shape index (κ1) is 16.1. The van der Waals surface area contributed by atoms with Crippen LogP contribution in [-0.2, 0) is 0 Å². The molecule has 7 heteroatoms. The maximum atomic E-state index is 12.3. The zero-order chi connectivity index (χ0) is 17.1. The van der Waals surface area contributed by atoms with Crippen molar-refractivity contribution in [1.82, 2.24) is 4.98 Å². The van der Waals surface area contributed by atoms with Crippen LogP contribution in [0.4, 0.5) is 14.5 Å². The summed E-state index contributed by atoms with van der Waals surface area (Å²) in [5, 5.41) is 3.51. The van der Waals surface area contributed by atoms with E-state index in [1.54, 1.807) is 18.2 Å². The number of pyridine rings is 1. The lowest BCUT2D eigenvalue weighted by Gasteiger charge is -2.09. The Balaban J connectivity index is 1.79. The van der Waals surface area contributed by atoms with Gasteiger partial charge in [-0.25, -0.2) is 4.98 Å². The first-order chi connectivity index (χ1) is 11.5. The number of nitrogens with one attached hydrogen (secondary N) is 1. The molecule has 0 radical (unpaired) electrons. The third kappa shape index (κ3) is 3.60. The number of nitrogens with zero attached hydrogens (tertiary/aromatic N) is 1. The SMILES string of the molecule is O=C(Nc1ccc(OC(F)F)c(Cl)c1)c1ccc2ccccc2n1. The summed E-state index contributed by atoms with van der Waals surface area (Å²) in [4.78, 5) is 16.5. The van der Waals surface area contributed by atoms with Crippen LogP contribution in [0.15, 0.2) is 54.6 Å². The van der Waals surface area contributed by atoms with Crippen LogP contribution in [-0.4, -0.2) is 17.5 Å². The second-order valence-corrected chi connectivity index (χ2v) is 5.27. The van der Waals surface area contributed by atoms with Gasteiger partial charge in [-0.05, 0) is 30.3 Å². The van der Waals surface area contributed by atoms with E-state index in [0.29, 0.717) is 11.2 Å². The number of para-hydroxylation sites is 1. The monoisotopic (exact) mass is 348 g/mol. The first-order valence-corrected chi connectivity index (χ1v) is 7.32. The first-order valence-electron chi connectivity index (χ1n) is 6.94. The van der Waals surface area contributed by atoms with Gasteiger partial charge in [-0.2, -0.15) is 8.78 Å². The van der Waals surface area contributed by atoms with Crippen LogP contribution < -0.4 is 10.1 Å². The molecule has 2 aromatic carbocycles. The van der Waals surface area contributed by atoms with Crippen molar-refractivity contribution in [3.63, 3.8) is 0 Å². The Morgan fingerprint density at radius 3 is 2.67 bits per heavy atom. The second kappa shape index (κ2) is 6.80. The van der Waals surface area contributed by atoms with Gasteiger partial charge in [0.05, 0.1) is 10.5 Å². The zero-order valence-corrected chi connectivity index (χ0v) is 12.9. The number of carbonyl (C=O) groups is 1. The summed E-state index contributed by atoms with van der Waals surface area (Å²) in [6.45, 7) is -2.97. The molecule has 24 heavy (non-hydrogen) atoms. The van der Waals surface area contributed by atoms with E-state index in [2.05, 4.69) is 15.0 Å². The van der Waals surface area contributed by atoms with Crippen molar-refractivity contribution in [3.05, 3.63) is 65.3 Å². The maximum absolute atomic E-state index is 12.3. The van der Waals surface area contributed by atoms with Crippen LogP contribution in [0.2, 0.25) is 5.02 Å². The van der Waals surface area contributed by atoms with E-state index >= 15 is 0 Å². The molecule has 0 aliphatic heterocycles. The second-order valence-electron chi connectivity index (χ2n) is 4.87. The van der Waals surface area contributed by atoms with Crippen LogP contribution in [0.3, 0.4) is 0 Å². The van der Waals surface area contributed by atoms with Crippen molar-refractivity contribution in [2.75, 3.05) is 5.32 Å². The van der Waals surface area contributed by atoms with Crippen LogP contribution in [0.1, 0.15) is 10.5 Å². The molecule has 1 N–H and O–H groups in total. The maximum Gasteiger partial charge on any atom is 0.387 e. The molecule has 4 nitrogen and oxygen atoms in total. The summed E-state index contributed by atoms with van der Waals surface area (Å²) < 4.78 is 28.7. The molecule has 0 aliphatic carbocycles. The van der Waals surface area contributed by atoms with E-state index in [1.807, 2.05) is 18.2 Å². The number of amides is 1. The number of alkyl halides is 2. The Bertz CT molecular complexity index is 903. The number of rotatable bonds is 4. The van der Waals surface area contributed by atoms with Gasteiger partial charge in [-0.1, -0.05) is 35.9 Å². The van der Waals surface area contributed by atoms with Crippen molar-refractivity contribution in [1.29, 1.82) is 0 Å². The molecule has 1 amide bonds. The van der Waals surface area contributed by atoms with Crippen LogP contribution >= 0.6 is 11.6 Å². The van der Waals surface area contributed by atoms with Gasteiger partial charge in [0.1, 0.15) is 11.4 Å². The van der Waals surface area contributed by atoms with Gasteiger partial charge in [-0.15, -0.1) is 0 Å². The number of benzene rings is 2. The Kier molecular flexibility index (Phi) is 4.57. The van der Waals surface area contributed by atoms with Gasteiger partial charge >= 0.3 is 6.61 Å². The fourth-order valence-corrected chi connectivity index (χ4v) is 2.38. The fraction of sp³-hybridized carbons (Fsp3) is 0.0588. The van der Waals surface area contributed by atoms with E-state index in [-0.39, 0.29) is 16.5 Å². The molecule has 3 aromatic rings. The van der Waals surface area contributed by atoms with E-state index < -0.39 is 12.5 Å². The van der Waals surface area contributed by atoms with Gasteiger partial charge in [0.2, 0.25) is 0 Å². The molecule has 0 atom stereocenters. The summed E-state index contributed by atoms with van der Waals surface area (Å²) in [6, 6.07) is 14.8. The summed E-state index contributed by atoms with van der Waals surface area (Å²) in [5.74, 6) is -0.590. The van der Waals surface area contributed by atoms with Crippen molar-refractivity contribution >= 4 is 34.1 Å². The Morgan fingerprint density at radius 2 is 1.92 bits per heavy atom. The van der Waals surface area contributed by atoms with Crippen molar-refractivity contribution < 1.29 is 18.3 Å². The third-order valence-corrected chi connectivity index (χ3v) is 3.53. The largest absolute Gasteiger partial charge is 0.433 e. The van der Waals surface area contributed by atoms with Gasteiger partial charge in [-0.3, -0.25) is 4.79 Å². The molecule has 1 heterocycles. The Labute approximate surface area is 141 Å². The highest BCUT2D eigenvalue weighted by molar-refractivity contribution is 6.32. The van der Waals surface area contributed by atoms with Gasteiger partial charge in [0, 0.05) is 11.1 Å². The number of hydrogen-bond donors (Lipinski definition) is 1. The molecule has 0 aliphatic rings.